The van der Waals surface area contributed by atoms with E-state index in [0.29, 0.717) is 5.92 Å². The van der Waals surface area contributed by atoms with Gasteiger partial charge in [-0.3, -0.25) is 9.59 Å². The molecule has 90 valence electrons. The summed E-state index contributed by atoms with van der Waals surface area (Å²) in [5.41, 5.74) is 5.34. The van der Waals surface area contributed by atoms with Gasteiger partial charge in [-0.05, 0) is 19.3 Å². The zero-order chi connectivity index (χ0) is 12.4. The minimum Gasteiger partial charge on any atom is -0.481 e. The first-order valence-electron chi connectivity index (χ1n) is 5.00. The molecular formula is C10H22N2O3. The fourth-order valence-corrected chi connectivity index (χ4v) is 0.645. The lowest BCUT2D eigenvalue weighted by Crippen LogP contribution is -2.38. The summed E-state index contributed by atoms with van der Waals surface area (Å²) >= 11 is 0. The number of nitrogens with one attached hydrogen (secondary N) is 1. The lowest BCUT2D eigenvalue weighted by molar-refractivity contribution is -0.134. The van der Waals surface area contributed by atoms with Gasteiger partial charge in [0.05, 0.1) is 6.04 Å². The van der Waals surface area contributed by atoms with Crippen molar-refractivity contribution in [3.05, 3.63) is 0 Å². The number of carboxylic acid groups (broad SMARTS) is 1. The molecule has 0 heterocycles. The van der Waals surface area contributed by atoms with E-state index >= 15 is 0 Å². The van der Waals surface area contributed by atoms with Crippen LogP contribution >= 0.6 is 0 Å². The van der Waals surface area contributed by atoms with E-state index in [0.717, 1.165) is 19.9 Å². The molecule has 1 amide bonds. The summed E-state index contributed by atoms with van der Waals surface area (Å²) in [4.78, 5) is 19.9. The molecular weight excluding hydrogens is 196 g/mol. The third-order valence-electron chi connectivity index (χ3n) is 1.43. The largest absolute Gasteiger partial charge is 0.481 e. The smallest absolute Gasteiger partial charge is 0.300 e. The number of carboxylic acids is 1. The van der Waals surface area contributed by atoms with Gasteiger partial charge in [-0.15, -0.1) is 0 Å². The predicted octanol–water partition coefficient (Wildman–Crippen LogP) is 0.587. The van der Waals surface area contributed by atoms with E-state index in [4.69, 9.17) is 15.6 Å². The molecule has 4 N–H and O–H groups in total. The Labute approximate surface area is 91.0 Å². The summed E-state index contributed by atoms with van der Waals surface area (Å²) in [6, 6.07) is -0.387. The number of hydrogen-bond acceptors (Lipinski definition) is 3. The minimum atomic E-state index is -0.833. The number of rotatable bonds is 4. The summed E-state index contributed by atoms with van der Waals surface area (Å²) in [7, 11) is 0. The van der Waals surface area contributed by atoms with Crippen molar-refractivity contribution in [3.63, 3.8) is 0 Å². The molecule has 0 saturated heterocycles. The molecule has 0 aliphatic carbocycles. The normalized spacial score (nSPS) is 11.3. The number of hydrogen-bond donors (Lipinski definition) is 3. The van der Waals surface area contributed by atoms with Crippen LogP contribution in [0.4, 0.5) is 0 Å². The van der Waals surface area contributed by atoms with Crippen molar-refractivity contribution in [3.8, 4) is 0 Å². The van der Waals surface area contributed by atoms with Crippen molar-refractivity contribution in [2.75, 3.05) is 6.54 Å². The quantitative estimate of drug-likeness (QED) is 0.643. The van der Waals surface area contributed by atoms with Crippen LogP contribution in [0, 0.1) is 5.92 Å². The van der Waals surface area contributed by atoms with E-state index in [1.54, 1.807) is 6.92 Å². The average molecular weight is 218 g/mol. The highest BCUT2D eigenvalue weighted by molar-refractivity contribution is 5.80. The molecule has 0 bridgehead atoms. The number of nitrogens with two attached hydrogens (primary N) is 1. The maximum Gasteiger partial charge on any atom is 0.300 e. The van der Waals surface area contributed by atoms with Crippen LogP contribution in [-0.4, -0.2) is 29.6 Å². The van der Waals surface area contributed by atoms with Crippen LogP contribution in [0.1, 0.15) is 34.1 Å². The Morgan fingerprint density at radius 1 is 1.33 bits per heavy atom. The first kappa shape index (κ1) is 16.3. The molecule has 0 saturated carbocycles. The van der Waals surface area contributed by atoms with Crippen LogP contribution in [0.5, 0.6) is 0 Å². The van der Waals surface area contributed by atoms with E-state index in [9.17, 15) is 4.79 Å². The summed E-state index contributed by atoms with van der Waals surface area (Å²) in [5, 5.41) is 10.2. The summed E-state index contributed by atoms with van der Waals surface area (Å²) < 4.78 is 0. The van der Waals surface area contributed by atoms with E-state index in [1.165, 1.54) is 0 Å². The Balaban J connectivity index is 0. The SMILES string of the molecule is CC(=O)O.CC(C)CCNC(=O)[C@H](C)N. The monoisotopic (exact) mass is 218 g/mol. The van der Waals surface area contributed by atoms with Crippen LogP contribution in [0.15, 0.2) is 0 Å². The second kappa shape index (κ2) is 9.45. The molecule has 0 radical (unpaired) electrons. The number of carbonyl (C=O) groups excluding carboxylic acids is 1. The van der Waals surface area contributed by atoms with E-state index in [2.05, 4.69) is 19.2 Å². The minimum absolute atomic E-state index is 0.0642. The van der Waals surface area contributed by atoms with Crippen molar-refractivity contribution in [1.29, 1.82) is 0 Å². The highest BCUT2D eigenvalue weighted by Crippen LogP contribution is 1.96. The standard InChI is InChI=1S/C8H18N2O.C2H4O2/c1-6(2)4-5-10-8(11)7(3)9;1-2(3)4/h6-7H,4-5,9H2,1-3H3,(H,10,11);1H3,(H,3,4)/t7-;/m0./s1. The van der Waals surface area contributed by atoms with Crippen LogP contribution < -0.4 is 11.1 Å². The van der Waals surface area contributed by atoms with Crippen molar-refractivity contribution < 1.29 is 14.7 Å². The number of aliphatic carboxylic acids is 1. The third kappa shape index (κ3) is 19.3. The Hall–Kier alpha value is -1.10. The van der Waals surface area contributed by atoms with Crippen molar-refractivity contribution in [2.24, 2.45) is 11.7 Å². The summed E-state index contributed by atoms with van der Waals surface area (Å²) in [5.74, 6) is -0.269. The Bertz CT molecular complexity index is 187. The zero-order valence-electron chi connectivity index (χ0n) is 9.91. The second-order valence-corrected chi connectivity index (χ2v) is 3.78. The zero-order valence-corrected chi connectivity index (χ0v) is 9.91. The van der Waals surface area contributed by atoms with Gasteiger partial charge in [0.15, 0.2) is 0 Å². The molecule has 0 aromatic rings. The molecule has 0 aromatic heterocycles. The van der Waals surface area contributed by atoms with Gasteiger partial charge in [-0.1, -0.05) is 13.8 Å². The summed E-state index contributed by atoms with van der Waals surface area (Å²) in [6.45, 7) is 7.75. The molecule has 5 nitrogen and oxygen atoms in total. The summed E-state index contributed by atoms with van der Waals surface area (Å²) in [6.07, 6.45) is 1.01. The molecule has 5 heteroatoms. The maximum atomic E-state index is 10.9. The first-order valence-corrected chi connectivity index (χ1v) is 5.00. The average Bonchev–Trinajstić information content (AvgIpc) is 2.01. The Kier molecular flexibility index (Phi) is 10.3. The maximum absolute atomic E-state index is 10.9. The van der Waals surface area contributed by atoms with Crippen molar-refractivity contribution in [2.45, 2.75) is 40.2 Å². The van der Waals surface area contributed by atoms with Gasteiger partial charge in [0, 0.05) is 13.5 Å². The molecule has 0 fully saturated rings. The van der Waals surface area contributed by atoms with Gasteiger partial charge in [0.2, 0.25) is 5.91 Å². The fraction of sp³-hybridized carbons (Fsp3) is 0.800. The van der Waals surface area contributed by atoms with Crippen molar-refractivity contribution >= 4 is 11.9 Å². The van der Waals surface area contributed by atoms with Gasteiger partial charge in [-0.25, -0.2) is 0 Å². The molecule has 15 heavy (non-hydrogen) atoms. The van der Waals surface area contributed by atoms with Gasteiger partial charge < -0.3 is 16.2 Å². The van der Waals surface area contributed by atoms with Gasteiger partial charge >= 0.3 is 0 Å². The molecule has 0 spiro atoms. The Morgan fingerprint density at radius 2 is 1.73 bits per heavy atom. The van der Waals surface area contributed by atoms with E-state index < -0.39 is 5.97 Å². The second-order valence-electron chi connectivity index (χ2n) is 3.78. The van der Waals surface area contributed by atoms with Gasteiger partial charge in [0.25, 0.3) is 5.97 Å². The predicted molar refractivity (Wildman–Crippen MR) is 59.4 cm³/mol. The molecule has 0 aliphatic rings. The third-order valence-corrected chi connectivity index (χ3v) is 1.43. The van der Waals surface area contributed by atoms with Crippen LogP contribution in [0.3, 0.4) is 0 Å². The van der Waals surface area contributed by atoms with Gasteiger partial charge in [-0.2, -0.15) is 0 Å². The highest BCUT2D eigenvalue weighted by Gasteiger charge is 2.05. The van der Waals surface area contributed by atoms with Crippen LogP contribution in [0.25, 0.3) is 0 Å². The fourth-order valence-electron chi connectivity index (χ4n) is 0.645. The van der Waals surface area contributed by atoms with Crippen molar-refractivity contribution in [1.82, 2.24) is 5.32 Å². The van der Waals surface area contributed by atoms with Crippen LogP contribution in [-0.2, 0) is 9.59 Å². The van der Waals surface area contributed by atoms with E-state index in [-0.39, 0.29) is 11.9 Å². The highest BCUT2D eigenvalue weighted by atomic mass is 16.4. The first-order chi connectivity index (χ1) is 6.77. The van der Waals surface area contributed by atoms with Gasteiger partial charge in [0.1, 0.15) is 0 Å². The molecule has 0 aromatic carbocycles. The molecule has 0 unspecified atom stereocenters. The van der Waals surface area contributed by atoms with Crippen LogP contribution in [0.2, 0.25) is 0 Å². The van der Waals surface area contributed by atoms with E-state index in [1.807, 2.05) is 0 Å². The molecule has 0 rings (SSSR count). The number of carbonyl (C=O) groups is 2. The molecule has 0 aliphatic heterocycles. The topological polar surface area (TPSA) is 92.4 Å². The lowest BCUT2D eigenvalue weighted by Gasteiger charge is -2.08. The Morgan fingerprint density at radius 3 is 2.00 bits per heavy atom. The lowest BCUT2D eigenvalue weighted by atomic mass is 10.1. The number of amides is 1. The molecule has 1 atom stereocenters.